The van der Waals surface area contributed by atoms with E-state index in [2.05, 4.69) is 37.4 Å². The minimum Gasteiger partial charge on any atom is -0.316 e. The molecular formula is C15H32N2S. The van der Waals surface area contributed by atoms with Crippen LogP contribution in [0.5, 0.6) is 0 Å². The molecule has 0 aromatic carbocycles. The Hall–Kier alpha value is 0.270. The Bertz CT molecular complexity index is 213. The summed E-state index contributed by atoms with van der Waals surface area (Å²) in [7, 11) is 2.29. The first kappa shape index (κ1) is 16.3. The van der Waals surface area contributed by atoms with Crippen LogP contribution in [-0.2, 0) is 0 Å². The molecule has 1 saturated carbocycles. The highest BCUT2D eigenvalue weighted by Crippen LogP contribution is 2.38. The average Bonchev–Trinajstić information content (AvgIpc) is 2.74. The van der Waals surface area contributed by atoms with Crippen LogP contribution in [0.3, 0.4) is 0 Å². The van der Waals surface area contributed by atoms with Crippen LogP contribution in [0.25, 0.3) is 0 Å². The van der Waals surface area contributed by atoms with E-state index in [1.54, 1.807) is 0 Å². The Morgan fingerprint density at radius 1 is 1.28 bits per heavy atom. The second kappa shape index (κ2) is 8.44. The van der Waals surface area contributed by atoms with Crippen molar-refractivity contribution in [2.45, 2.75) is 39.5 Å². The summed E-state index contributed by atoms with van der Waals surface area (Å²) in [6.07, 6.45) is 7.90. The summed E-state index contributed by atoms with van der Waals surface area (Å²) in [6.45, 7) is 9.47. The first-order valence-corrected chi connectivity index (χ1v) is 8.85. The quantitative estimate of drug-likeness (QED) is 0.694. The molecule has 0 aromatic rings. The van der Waals surface area contributed by atoms with Crippen LogP contribution >= 0.6 is 11.8 Å². The van der Waals surface area contributed by atoms with E-state index < -0.39 is 0 Å². The van der Waals surface area contributed by atoms with Crippen molar-refractivity contribution in [1.29, 1.82) is 0 Å². The second-order valence-corrected chi connectivity index (χ2v) is 7.45. The predicted octanol–water partition coefficient (Wildman–Crippen LogP) is 3.09. The normalized spacial score (nSPS) is 19.0. The highest BCUT2D eigenvalue weighted by Gasteiger charge is 2.34. The van der Waals surface area contributed by atoms with Gasteiger partial charge in [-0.05, 0) is 44.0 Å². The first-order valence-electron chi connectivity index (χ1n) is 7.46. The highest BCUT2D eigenvalue weighted by atomic mass is 32.2. The zero-order valence-corrected chi connectivity index (χ0v) is 13.6. The van der Waals surface area contributed by atoms with E-state index in [1.165, 1.54) is 51.1 Å². The summed E-state index contributed by atoms with van der Waals surface area (Å²) in [5, 5.41) is 3.70. The molecule has 1 aliphatic carbocycles. The summed E-state index contributed by atoms with van der Waals surface area (Å²) >= 11 is 1.95. The van der Waals surface area contributed by atoms with Gasteiger partial charge >= 0.3 is 0 Å². The molecule has 0 spiro atoms. The molecule has 0 aliphatic heterocycles. The molecule has 0 heterocycles. The van der Waals surface area contributed by atoms with Crippen LogP contribution in [0, 0.1) is 11.3 Å². The fourth-order valence-corrected chi connectivity index (χ4v) is 3.53. The molecule has 2 nitrogen and oxygen atoms in total. The van der Waals surface area contributed by atoms with Crippen molar-refractivity contribution in [2.75, 3.05) is 45.2 Å². The molecule has 0 amide bonds. The number of thioether (sulfide) groups is 1. The number of hydrogen-bond acceptors (Lipinski definition) is 3. The fraction of sp³-hybridized carbons (Fsp3) is 1.00. The topological polar surface area (TPSA) is 15.3 Å². The van der Waals surface area contributed by atoms with E-state index in [4.69, 9.17) is 0 Å². The summed E-state index contributed by atoms with van der Waals surface area (Å²) < 4.78 is 0. The minimum atomic E-state index is 0.558. The van der Waals surface area contributed by atoms with Gasteiger partial charge in [-0.2, -0.15) is 11.8 Å². The lowest BCUT2D eigenvalue weighted by Gasteiger charge is -2.34. The zero-order valence-electron chi connectivity index (χ0n) is 12.8. The predicted molar refractivity (Wildman–Crippen MR) is 84.5 cm³/mol. The molecule has 0 aromatic heterocycles. The minimum absolute atomic E-state index is 0.558. The van der Waals surface area contributed by atoms with Gasteiger partial charge < -0.3 is 10.2 Å². The molecule has 0 atom stereocenters. The van der Waals surface area contributed by atoms with Crippen LogP contribution in [0.1, 0.15) is 39.5 Å². The summed E-state index contributed by atoms with van der Waals surface area (Å²) in [5.74, 6) is 2.02. The van der Waals surface area contributed by atoms with Crippen LogP contribution < -0.4 is 5.32 Å². The lowest BCUT2D eigenvalue weighted by molar-refractivity contribution is 0.177. The van der Waals surface area contributed by atoms with Gasteiger partial charge in [-0.15, -0.1) is 0 Å². The molecule has 108 valence electrons. The molecule has 0 radical (unpaired) electrons. The Labute approximate surface area is 118 Å². The van der Waals surface area contributed by atoms with Crippen molar-refractivity contribution < 1.29 is 0 Å². The smallest absolute Gasteiger partial charge is 0.00694 e. The molecule has 1 fully saturated rings. The van der Waals surface area contributed by atoms with E-state index in [-0.39, 0.29) is 0 Å². The molecule has 0 bridgehead atoms. The van der Waals surface area contributed by atoms with E-state index in [1.807, 2.05) is 11.8 Å². The third-order valence-electron chi connectivity index (χ3n) is 4.00. The van der Waals surface area contributed by atoms with Gasteiger partial charge in [0.1, 0.15) is 0 Å². The van der Waals surface area contributed by atoms with E-state index in [0.717, 1.165) is 12.5 Å². The lowest BCUT2D eigenvalue weighted by Crippen LogP contribution is -2.42. The summed E-state index contributed by atoms with van der Waals surface area (Å²) in [6, 6.07) is 0. The van der Waals surface area contributed by atoms with Gasteiger partial charge in [0.2, 0.25) is 0 Å². The summed E-state index contributed by atoms with van der Waals surface area (Å²) in [4.78, 5) is 2.54. The Kier molecular flexibility index (Phi) is 7.66. The van der Waals surface area contributed by atoms with E-state index in [9.17, 15) is 0 Å². The largest absolute Gasteiger partial charge is 0.316 e. The SMILES string of the molecule is CSCCN(C)CC1(CNCC(C)C)CCCC1. The van der Waals surface area contributed by atoms with Crippen molar-refractivity contribution in [1.82, 2.24) is 10.2 Å². The molecule has 1 N–H and O–H groups in total. The van der Waals surface area contributed by atoms with Gasteiger partial charge in [-0.3, -0.25) is 0 Å². The van der Waals surface area contributed by atoms with E-state index >= 15 is 0 Å². The second-order valence-electron chi connectivity index (χ2n) is 6.46. The van der Waals surface area contributed by atoms with Crippen molar-refractivity contribution in [3.63, 3.8) is 0 Å². The van der Waals surface area contributed by atoms with Gasteiger partial charge in [-0.1, -0.05) is 26.7 Å². The standard InChI is InChI=1S/C15H32N2S/c1-14(2)11-16-12-15(7-5-6-8-15)13-17(3)9-10-18-4/h14,16H,5-13H2,1-4H3. The van der Waals surface area contributed by atoms with E-state index in [0.29, 0.717) is 5.41 Å². The Morgan fingerprint density at radius 2 is 1.94 bits per heavy atom. The highest BCUT2D eigenvalue weighted by molar-refractivity contribution is 7.98. The zero-order chi connectivity index (χ0) is 13.4. The first-order chi connectivity index (χ1) is 8.58. The molecule has 18 heavy (non-hydrogen) atoms. The van der Waals surface area contributed by atoms with Crippen molar-refractivity contribution in [3.8, 4) is 0 Å². The molecule has 1 aliphatic rings. The molecule has 1 rings (SSSR count). The Balaban J connectivity index is 2.37. The number of nitrogens with zero attached hydrogens (tertiary/aromatic N) is 1. The van der Waals surface area contributed by atoms with Gasteiger partial charge in [0, 0.05) is 25.4 Å². The third-order valence-corrected chi connectivity index (χ3v) is 4.59. The molecule has 0 unspecified atom stereocenters. The maximum absolute atomic E-state index is 3.70. The molecule has 3 heteroatoms. The van der Waals surface area contributed by atoms with Crippen LogP contribution in [0.2, 0.25) is 0 Å². The van der Waals surface area contributed by atoms with Crippen LogP contribution in [-0.4, -0.2) is 50.1 Å². The van der Waals surface area contributed by atoms with Gasteiger partial charge in [0.25, 0.3) is 0 Å². The van der Waals surface area contributed by atoms with Crippen molar-refractivity contribution in [2.24, 2.45) is 11.3 Å². The van der Waals surface area contributed by atoms with Crippen LogP contribution in [0.15, 0.2) is 0 Å². The van der Waals surface area contributed by atoms with Gasteiger partial charge in [0.15, 0.2) is 0 Å². The lowest BCUT2D eigenvalue weighted by atomic mass is 9.85. The van der Waals surface area contributed by atoms with Crippen LogP contribution in [0.4, 0.5) is 0 Å². The maximum Gasteiger partial charge on any atom is 0.00694 e. The third kappa shape index (κ3) is 5.94. The maximum atomic E-state index is 3.70. The summed E-state index contributed by atoms with van der Waals surface area (Å²) in [5.41, 5.74) is 0.558. The fourth-order valence-electron chi connectivity index (χ4n) is 3.04. The number of hydrogen-bond donors (Lipinski definition) is 1. The van der Waals surface area contributed by atoms with Gasteiger partial charge in [-0.25, -0.2) is 0 Å². The average molecular weight is 273 g/mol. The van der Waals surface area contributed by atoms with Crippen molar-refractivity contribution >= 4 is 11.8 Å². The number of rotatable bonds is 9. The monoisotopic (exact) mass is 272 g/mol. The number of nitrogens with one attached hydrogen (secondary N) is 1. The molecule has 0 saturated heterocycles. The Morgan fingerprint density at radius 3 is 2.50 bits per heavy atom. The van der Waals surface area contributed by atoms with Gasteiger partial charge in [0.05, 0.1) is 0 Å². The van der Waals surface area contributed by atoms with Crippen molar-refractivity contribution in [3.05, 3.63) is 0 Å². The molecular weight excluding hydrogens is 240 g/mol.